The number of aryl methyl sites for hydroxylation is 1. The zero-order valence-electron chi connectivity index (χ0n) is 16.2. The number of carbonyl (C=O) groups is 2. The van der Waals surface area contributed by atoms with E-state index in [4.69, 9.17) is 17.3 Å². The molecule has 0 saturated carbocycles. The molecule has 29 heavy (non-hydrogen) atoms. The predicted octanol–water partition coefficient (Wildman–Crippen LogP) is 4.10. The molecular formula is C21H23ClN4O2S. The van der Waals surface area contributed by atoms with Gasteiger partial charge < -0.3 is 15.2 Å². The SMILES string of the molecule is CCCn1c(SCC(=O)N(CCC(N)=O)c2ccccc2)nc2cc(Cl)ccc21. The molecule has 1 heterocycles. The van der Waals surface area contributed by atoms with Gasteiger partial charge in [-0.2, -0.15) is 0 Å². The largest absolute Gasteiger partial charge is 0.370 e. The second-order valence-electron chi connectivity index (χ2n) is 6.56. The van der Waals surface area contributed by atoms with Crippen molar-refractivity contribution in [2.75, 3.05) is 17.2 Å². The van der Waals surface area contributed by atoms with Crippen molar-refractivity contribution < 1.29 is 9.59 Å². The molecule has 2 aromatic carbocycles. The number of benzene rings is 2. The summed E-state index contributed by atoms with van der Waals surface area (Å²) < 4.78 is 2.11. The van der Waals surface area contributed by atoms with Gasteiger partial charge in [-0.15, -0.1) is 0 Å². The lowest BCUT2D eigenvalue weighted by Crippen LogP contribution is -2.35. The third kappa shape index (κ3) is 5.31. The Morgan fingerprint density at radius 1 is 1.21 bits per heavy atom. The normalized spacial score (nSPS) is 11.0. The highest BCUT2D eigenvalue weighted by Gasteiger charge is 2.19. The number of aromatic nitrogens is 2. The van der Waals surface area contributed by atoms with Crippen LogP contribution in [0.15, 0.2) is 53.7 Å². The Morgan fingerprint density at radius 2 is 1.97 bits per heavy atom. The molecule has 0 bridgehead atoms. The Bertz CT molecular complexity index is 1010. The minimum Gasteiger partial charge on any atom is -0.370 e. The van der Waals surface area contributed by atoms with Crippen LogP contribution in [0, 0.1) is 0 Å². The van der Waals surface area contributed by atoms with Crippen molar-refractivity contribution in [1.29, 1.82) is 0 Å². The molecule has 0 aliphatic rings. The summed E-state index contributed by atoms with van der Waals surface area (Å²) in [5.41, 5.74) is 7.84. The fourth-order valence-electron chi connectivity index (χ4n) is 3.06. The van der Waals surface area contributed by atoms with E-state index < -0.39 is 5.91 Å². The molecule has 3 aromatic rings. The molecule has 2 N–H and O–H groups in total. The first-order valence-electron chi connectivity index (χ1n) is 9.42. The van der Waals surface area contributed by atoms with Crippen LogP contribution in [0.5, 0.6) is 0 Å². The summed E-state index contributed by atoms with van der Waals surface area (Å²) >= 11 is 7.49. The number of nitrogens with zero attached hydrogens (tertiary/aromatic N) is 3. The topological polar surface area (TPSA) is 81.2 Å². The standard InChI is InChI=1S/C21H23ClN4O2S/c1-2-11-26-18-9-8-15(22)13-17(18)24-21(26)29-14-20(28)25(12-10-19(23)27)16-6-4-3-5-7-16/h3-9,13H,2,10-12,14H2,1H3,(H2,23,27). The molecule has 0 spiro atoms. The van der Waals surface area contributed by atoms with Gasteiger partial charge in [-0.05, 0) is 36.8 Å². The molecule has 0 saturated heterocycles. The van der Waals surface area contributed by atoms with E-state index in [1.54, 1.807) is 4.90 Å². The van der Waals surface area contributed by atoms with E-state index in [9.17, 15) is 9.59 Å². The number of carbonyl (C=O) groups excluding carboxylic acids is 2. The van der Waals surface area contributed by atoms with Gasteiger partial charge in [0, 0.05) is 30.2 Å². The maximum absolute atomic E-state index is 13.0. The van der Waals surface area contributed by atoms with Crippen LogP contribution in [0.3, 0.4) is 0 Å². The summed E-state index contributed by atoms with van der Waals surface area (Å²) in [6.07, 6.45) is 1.06. The van der Waals surface area contributed by atoms with Gasteiger partial charge in [-0.1, -0.05) is 48.5 Å². The summed E-state index contributed by atoms with van der Waals surface area (Å²) in [6.45, 7) is 3.15. The molecule has 0 radical (unpaired) electrons. The number of anilines is 1. The summed E-state index contributed by atoms with van der Waals surface area (Å²) in [7, 11) is 0. The first kappa shape index (κ1) is 21.2. The van der Waals surface area contributed by atoms with Crippen molar-refractivity contribution in [3.05, 3.63) is 53.6 Å². The Kier molecular flexibility index (Phi) is 7.17. The van der Waals surface area contributed by atoms with E-state index in [1.807, 2.05) is 48.5 Å². The van der Waals surface area contributed by atoms with Crippen LogP contribution >= 0.6 is 23.4 Å². The highest BCUT2D eigenvalue weighted by atomic mass is 35.5. The Balaban J connectivity index is 1.80. The molecule has 6 nitrogen and oxygen atoms in total. The maximum atomic E-state index is 13.0. The molecule has 3 rings (SSSR count). The van der Waals surface area contributed by atoms with Crippen molar-refractivity contribution in [2.24, 2.45) is 5.73 Å². The zero-order valence-corrected chi connectivity index (χ0v) is 17.7. The van der Waals surface area contributed by atoms with Crippen LogP contribution in [-0.2, 0) is 16.1 Å². The van der Waals surface area contributed by atoms with Crippen molar-refractivity contribution in [1.82, 2.24) is 9.55 Å². The fourth-order valence-corrected chi connectivity index (χ4v) is 4.15. The smallest absolute Gasteiger partial charge is 0.237 e. The molecule has 2 amide bonds. The number of para-hydroxylation sites is 1. The van der Waals surface area contributed by atoms with Crippen LogP contribution < -0.4 is 10.6 Å². The van der Waals surface area contributed by atoms with Crippen LogP contribution in [0.1, 0.15) is 19.8 Å². The molecular weight excluding hydrogens is 408 g/mol. The fraction of sp³-hybridized carbons (Fsp3) is 0.286. The summed E-state index contributed by atoms with van der Waals surface area (Å²) in [5, 5.41) is 1.41. The summed E-state index contributed by atoms with van der Waals surface area (Å²) in [4.78, 5) is 30.5. The van der Waals surface area contributed by atoms with Gasteiger partial charge in [0.2, 0.25) is 11.8 Å². The number of thioether (sulfide) groups is 1. The zero-order chi connectivity index (χ0) is 20.8. The average Bonchev–Trinajstić information content (AvgIpc) is 3.04. The number of nitrogens with two attached hydrogens (primary N) is 1. The van der Waals surface area contributed by atoms with Crippen LogP contribution in [0.4, 0.5) is 5.69 Å². The average molecular weight is 431 g/mol. The molecule has 152 valence electrons. The molecule has 0 fully saturated rings. The molecule has 8 heteroatoms. The monoisotopic (exact) mass is 430 g/mol. The van der Waals surface area contributed by atoms with E-state index in [0.717, 1.165) is 34.8 Å². The van der Waals surface area contributed by atoms with Crippen molar-refractivity contribution >= 4 is 51.9 Å². The Morgan fingerprint density at radius 3 is 2.66 bits per heavy atom. The lowest BCUT2D eigenvalue weighted by molar-refractivity contribution is -0.118. The van der Waals surface area contributed by atoms with Gasteiger partial charge in [0.15, 0.2) is 5.16 Å². The second kappa shape index (κ2) is 9.80. The number of imidazole rings is 1. The lowest BCUT2D eigenvalue weighted by Gasteiger charge is -2.22. The third-order valence-corrected chi connectivity index (χ3v) is 5.59. The van der Waals surface area contributed by atoms with Crippen molar-refractivity contribution in [3.63, 3.8) is 0 Å². The molecule has 1 aromatic heterocycles. The van der Waals surface area contributed by atoms with E-state index in [0.29, 0.717) is 5.02 Å². The van der Waals surface area contributed by atoms with Gasteiger partial charge in [-0.3, -0.25) is 9.59 Å². The number of rotatable bonds is 9. The molecule has 0 aliphatic heterocycles. The Hall–Kier alpha value is -2.51. The van der Waals surface area contributed by atoms with Gasteiger partial charge in [0.1, 0.15) is 0 Å². The highest BCUT2D eigenvalue weighted by Crippen LogP contribution is 2.27. The van der Waals surface area contributed by atoms with Gasteiger partial charge in [0.25, 0.3) is 0 Å². The first-order valence-corrected chi connectivity index (χ1v) is 10.8. The maximum Gasteiger partial charge on any atom is 0.237 e. The molecule has 0 unspecified atom stereocenters. The molecule has 0 atom stereocenters. The number of hydrogen-bond acceptors (Lipinski definition) is 4. The van der Waals surface area contributed by atoms with E-state index >= 15 is 0 Å². The first-order chi connectivity index (χ1) is 14.0. The van der Waals surface area contributed by atoms with Crippen molar-refractivity contribution in [3.8, 4) is 0 Å². The van der Waals surface area contributed by atoms with Crippen LogP contribution in [0.2, 0.25) is 5.02 Å². The highest BCUT2D eigenvalue weighted by molar-refractivity contribution is 7.99. The minimum absolute atomic E-state index is 0.101. The second-order valence-corrected chi connectivity index (χ2v) is 7.94. The van der Waals surface area contributed by atoms with Crippen molar-refractivity contribution in [2.45, 2.75) is 31.5 Å². The number of primary amides is 1. The quantitative estimate of drug-likeness (QED) is 0.518. The number of amides is 2. The summed E-state index contributed by atoms with van der Waals surface area (Å²) in [5.74, 6) is -0.336. The predicted molar refractivity (Wildman–Crippen MR) is 118 cm³/mol. The lowest BCUT2D eigenvalue weighted by atomic mass is 10.2. The van der Waals surface area contributed by atoms with E-state index in [1.165, 1.54) is 11.8 Å². The van der Waals surface area contributed by atoms with Crippen LogP contribution in [0.25, 0.3) is 11.0 Å². The third-order valence-electron chi connectivity index (χ3n) is 4.40. The Labute approximate surface area is 179 Å². The van der Waals surface area contributed by atoms with Gasteiger partial charge >= 0.3 is 0 Å². The number of hydrogen-bond donors (Lipinski definition) is 1. The van der Waals surface area contributed by atoms with Gasteiger partial charge in [0.05, 0.1) is 16.8 Å². The van der Waals surface area contributed by atoms with Crippen LogP contribution in [-0.4, -0.2) is 33.7 Å². The number of halogens is 1. The number of fused-ring (bicyclic) bond motifs is 1. The minimum atomic E-state index is -0.437. The van der Waals surface area contributed by atoms with E-state index in [2.05, 4.69) is 16.5 Å². The van der Waals surface area contributed by atoms with E-state index in [-0.39, 0.29) is 24.6 Å². The van der Waals surface area contributed by atoms with Gasteiger partial charge in [-0.25, -0.2) is 4.98 Å². The summed E-state index contributed by atoms with van der Waals surface area (Å²) in [6, 6.07) is 14.9. The molecule has 0 aliphatic carbocycles.